The van der Waals surface area contributed by atoms with E-state index in [1.165, 1.54) is 14.1 Å². The third-order valence-electron chi connectivity index (χ3n) is 7.91. The lowest BCUT2D eigenvalue weighted by Gasteiger charge is -2.34. The van der Waals surface area contributed by atoms with Crippen molar-refractivity contribution in [3.05, 3.63) is 59.9 Å². The lowest BCUT2D eigenvalue weighted by Crippen LogP contribution is -2.53. The van der Waals surface area contributed by atoms with Crippen LogP contribution in [-0.4, -0.2) is 56.3 Å². The number of nitrogens with zero attached hydrogens (tertiary/aromatic N) is 2. The van der Waals surface area contributed by atoms with Gasteiger partial charge in [-0.2, -0.15) is 17.4 Å². The number of rotatable bonds is 7. The zero-order valence-corrected chi connectivity index (χ0v) is 20.5. The Hall–Kier alpha value is -2.29. The van der Waals surface area contributed by atoms with Crippen LogP contribution in [-0.2, 0) is 21.4 Å². The number of halogens is 1. The van der Waals surface area contributed by atoms with Gasteiger partial charge in [-0.1, -0.05) is 55.0 Å². The summed E-state index contributed by atoms with van der Waals surface area (Å²) in [5.41, 5.74) is 1.55. The molecule has 2 saturated carbocycles. The number of carbonyl (C=O) groups excluding carboxylic acids is 1. The van der Waals surface area contributed by atoms with Gasteiger partial charge in [0.1, 0.15) is 5.82 Å². The van der Waals surface area contributed by atoms with Gasteiger partial charge >= 0.3 is 0 Å². The van der Waals surface area contributed by atoms with Crippen molar-refractivity contribution >= 4 is 16.1 Å². The maximum atomic E-state index is 15.7. The molecule has 0 radical (unpaired) electrons. The monoisotopic (exact) mass is 485 g/mol. The lowest BCUT2D eigenvalue weighted by atomic mass is 9.84. The van der Waals surface area contributed by atoms with Gasteiger partial charge in [0, 0.05) is 37.5 Å². The van der Waals surface area contributed by atoms with E-state index in [0.717, 1.165) is 42.0 Å². The van der Waals surface area contributed by atoms with Gasteiger partial charge in [-0.05, 0) is 43.2 Å². The minimum absolute atomic E-state index is 0.00278. The Balaban J connectivity index is 1.51. The second-order valence-corrected chi connectivity index (χ2v) is 12.2. The van der Waals surface area contributed by atoms with Gasteiger partial charge in [-0.25, -0.2) is 4.39 Å². The van der Waals surface area contributed by atoms with Crippen molar-refractivity contribution in [3.63, 3.8) is 0 Å². The molecule has 3 fully saturated rings. The quantitative estimate of drug-likeness (QED) is 0.652. The van der Waals surface area contributed by atoms with Crippen molar-refractivity contribution in [1.82, 2.24) is 13.9 Å². The van der Waals surface area contributed by atoms with Crippen LogP contribution < -0.4 is 4.72 Å². The van der Waals surface area contributed by atoms with E-state index in [0.29, 0.717) is 17.7 Å². The predicted molar refractivity (Wildman–Crippen MR) is 130 cm³/mol. The first-order valence-corrected chi connectivity index (χ1v) is 13.5. The van der Waals surface area contributed by atoms with Crippen LogP contribution in [0.4, 0.5) is 4.39 Å². The molecule has 1 N–H and O–H groups in total. The van der Waals surface area contributed by atoms with Gasteiger partial charge in [-0.15, -0.1) is 0 Å². The van der Waals surface area contributed by atoms with E-state index in [9.17, 15) is 13.2 Å². The molecule has 0 unspecified atom stereocenters. The SMILES string of the molecule is CN(C)S(=O)(=O)N[C@@H]1[C@H](Cc2cccc(-c3ccccc3)c2F)N(C(=O)C2CCC2)CC12CC2. The molecular formula is C26H32FN3O3S. The largest absolute Gasteiger partial charge is 0.337 e. The van der Waals surface area contributed by atoms with E-state index >= 15 is 4.39 Å². The van der Waals surface area contributed by atoms with Crippen LogP contribution in [0.2, 0.25) is 0 Å². The van der Waals surface area contributed by atoms with Crippen LogP contribution in [0.15, 0.2) is 48.5 Å². The summed E-state index contributed by atoms with van der Waals surface area (Å²) in [6.07, 6.45) is 4.80. The van der Waals surface area contributed by atoms with Crippen LogP contribution in [0.5, 0.6) is 0 Å². The van der Waals surface area contributed by atoms with Crippen LogP contribution in [0.1, 0.15) is 37.7 Å². The summed E-state index contributed by atoms with van der Waals surface area (Å²) in [6, 6.07) is 13.9. The molecule has 2 aromatic carbocycles. The number of hydrogen-bond donors (Lipinski definition) is 1. The highest BCUT2D eigenvalue weighted by Gasteiger charge is 2.62. The first kappa shape index (κ1) is 23.5. The van der Waals surface area contributed by atoms with E-state index in [1.807, 2.05) is 41.3 Å². The molecular weight excluding hydrogens is 453 g/mol. The van der Waals surface area contributed by atoms with Crippen LogP contribution in [0.25, 0.3) is 11.1 Å². The molecule has 2 aliphatic carbocycles. The van der Waals surface area contributed by atoms with Gasteiger partial charge in [0.15, 0.2) is 0 Å². The number of hydrogen-bond acceptors (Lipinski definition) is 3. The average Bonchev–Trinajstić information content (AvgIpc) is 3.49. The predicted octanol–water partition coefficient (Wildman–Crippen LogP) is 3.59. The maximum absolute atomic E-state index is 15.7. The van der Waals surface area contributed by atoms with Gasteiger partial charge in [0.25, 0.3) is 10.2 Å². The number of likely N-dealkylation sites (tertiary alicyclic amines) is 1. The fraction of sp³-hybridized carbons (Fsp3) is 0.500. The van der Waals surface area contributed by atoms with E-state index < -0.39 is 22.3 Å². The summed E-state index contributed by atoms with van der Waals surface area (Å²) in [7, 11) is -0.724. The lowest BCUT2D eigenvalue weighted by molar-refractivity contribution is -0.139. The summed E-state index contributed by atoms with van der Waals surface area (Å²) < 4.78 is 45.4. The maximum Gasteiger partial charge on any atom is 0.279 e. The number of carbonyl (C=O) groups is 1. The van der Waals surface area contributed by atoms with E-state index in [4.69, 9.17) is 0 Å². The fourth-order valence-corrected chi connectivity index (χ4v) is 6.34. The smallest absolute Gasteiger partial charge is 0.279 e. The molecule has 5 rings (SSSR count). The number of amides is 1. The molecule has 1 heterocycles. The van der Waals surface area contributed by atoms with Gasteiger partial charge in [0.2, 0.25) is 5.91 Å². The Kier molecular flexibility index (Phi) is 6.02. The Morgan fingerprint density at radius 1 is 1.12 bits per heavy atom. The normalized spacial score (nSPS) is 23.9. The zero-order valence-electron chi connectivity index (χ0n) is 19.7. The first-order chi connectivity index (χ1) is 16.2. The molecule has 6 nitrogen and oxygen atoms in total. The van der Waals surface area contributed by atoms with Crippen molar-refractivity contribution in [2.45, 2.75) is 50.6 Å². The molecule has 1 saturated heterocycles. The Morgan fingerprint density at radius 3 is 2.41 bits per heavy atom. The van der Waals surface area contributed by atoms with Crippen molar-refractivity contribution in [2.75, 3.05) is 20.6 Å². The highest BCUT2D eigenvalue weighted by Crippen LogP contribution is 2.56. The molecule has 3 aliphatic rings. The molecule has 0 aromatic heterocycles. The van der Waals surface area contributed by atoms with E-state index in [1.54, 1.807) is 12.1 Å². The second-order valence-electron chi connectivity index (χ2n) is 10.3. The zero-order chi connectivity index (χ0) is 24.1. The number of nitrogens with one attached hydrogen (secondary N) is 1. The van der Waals surface area contributed by atoms with Gasteiger partial charge in [0.05, 0.1) is 12.1 Å². The van der Waals surface area contributed by atoms with Crippen molar-refractivity contribution in [2.24, 2.45) is 11.3 Å². The molecule has 1 spiro atoms. The van der Waals surface area contributed by atoms with Gasteiger partial charge < -0.3 is 4.90 Å². The fourth-order valence-electron chi connectivity index (χ4n) is 5.40. The molecule has 2 aromatic rings. The first-order valence-electron chi connectivity index (χ1n) is 12.0. The highest BCUT2D eigenvalue weighted by atomic mass is 32.2. The number of benzene rings is 2. The standard InChI is InChI=1S/C26H32FN3O3S/c1-29(2)34(32,33)28-24-22(30(17-26(24)14-15-26)25(31)19-10-6-11-19)16-20-12-7-13-21(23(20)27)18-8-4-3-5-9-18/h3-5,7-9,12-13,19,22,24,28H,6,10-11,14-17H2,1-2H3/t22-,24+/m0/s1. The van der Waals surface area contributed by atoms with Crippen molar-refractivity contribution in [1.29, 1.82) is 0 Å². The van der Waals surface area contributed by atoms with Crippen LogP contribution in [0, 0.1) is 17.2 Å². The van der Waals surface area contributed by atoms with Crippen molar-refractivity contribution in [3.8, 4) is 11.1 Å². The molecule has 1 amide bonds. The van der Waals surface area contributed by atoms with E-state index in [2.05, 4.69) is 4.72 Å². The van der Waals surface area contributed by atoms with Crippen LogP contribution >= 0.6 is 0 Å². The third-order valence-corrected chi connectivity index (χ3v) is 9.42. The minimum atomic E-state index is -3.71. The summed E-state index contributed by atoms with van der Waals surface area (Å²) in [5, 5.41) is 0. The Bertz CT molecular complexity index is 1180. The summed E-state index contributed by atoms with van der Waals surface area (Å²) in [4.78, 5) is 15.3. The topological polar surface area (TPSA) is 69.7 Å². The molecule has 2 atom stereocenters. The summed E-state index contributed by atoms with van der Waals surface area (Å²) >= 11 is 0. The van der Waals surface area contributed by atoms with Crippen molar-refractivity contribution < 1.29 is 17.6 Å². The molecule has 182 valence electrons. The van der Waals surface area contributed by atoms with Gasteiger partial charge in [-0.3, -0.25) is 4.79 Å². The second kappa shape index (κ2) is 8.73. The molecule has 1 aliphatic heterocycles. The average molecular weight is 486 g/mol. The minimum Gasteiger partial charge on any atom is -0.337 e. The highest BCUT2D eigenvalue weighted by molar-refractivity contribution is 7.87. The third kappa shape index (κ3) is 4.16. The molecule has 34 heavy (non-hydrogen) atoms. The molecule has 8 heteroatoms. The molecule has 0 bridgehead atoms. The van der Waals surface area contributed by atoms with Crippen LogP contribution in [0.3, 0.4) is 0 Å². The summed E-state index contributed by atoms with van der Waals surface area (Å²) in [5.74, 6) is -0.215. The Labute approximate surface area is 201 Å². The Morgan fingerprint density at radius 2 is 1.82 bits per heavy atom. The van der Waals surface area contributed by atoms with E-state index in [-0.39, 0.29) is 29.5 Å². The summed E-state index contributed by atoms with van der Waals surface area (Å²) in [6.45, 7) is 0.535.